The van der Waals surface area contributed by atoms with E-state index < -0.39 is 0 Å². The lowest BCUT2D eigenvalue weighted by Gasteiger charge is -2.21. The summed E-state index contributed by atoms with van der Waals surface area (Å²) in [4.78, 5) is 23.2. The molecule has 0 radical (unpaired) electrons. The van der Waals surface area contributed by atoms with Gasteiger partial charge in [-0.1, -0.05) is 6.92 Å². The minimum Gasteiger partial charge on any atom is -0.356 e. The van der Waals surface area contributed by atoms with Crippen molar-refractivity contribution < 1.29 is 9.59 Å². The van der Waals surface area contributed by atoms with Gasteiger partial charge in [-0.05, 0) is 26.3 Å². The Balaban J connectivity index is 2.18. The predicted molar refractivity (Wildman–Crippen MR) is 66.5 cm³/mol. The van der Waals surface area contributed by atoms with Gasteiger partial charge in [-0.3, -0.25) is 9.59 Å². The van der Waals surface area contributed by atoms with Crippen LogP contribution in [0.4, 0.5) is 0 Å². The third-order valence-corrected chi connectivity index (χ3v) is 3.13. The van der Waals surface area contributed by atoms with Gasteiger partial charge in [0.2, 0.25) is 11.8 Å². The fraction of sp³-hybridized carbons (Fsp3) is 0.833. The molecule has 0 aromatic rings. The van der Waals surface area contributed by atoms with Crippen molar-refractivity contribution in [2.75, 3.05) is 26.2 Å². The van der Waals surface area contributed by atoms with Crippen molar-refractivity contribution in [1.82, 2.24) is 16.0 Å². The number of nitrogens with one attached hydrogen (secondary N) is 3. The fourth-order valence-corrected chi connectivity index (χ4v) is 1.87. The molecule has 5 nitrogen and oxygen atoms in total. The highest BCUT2D eigenvalue weighted by atomic mass is 16.2. The van der Waals surface area contributed by atoms with E-state index in [9.17, 15) is 9.59 Å². The lowest BCUT2D eigenvalue weighted by molar-refractivity contribution is -0.129. The number of hydrogen-bond acceptors (Lipinski definition) is 3. The molecular weight excluding hydrogens is 218 g/mol. The molecule has 1 fully saturated rings. The van der Waals surface area contributed by atoms with Crippen LogP contribution in [0, 0.1) is 5.41 Å². The maximum atomic E-state index is 11.9. The van der Waals surface area contributed by atoms with Crippen LogP contribution in [0.25, 0.3) is 0 Å². The van der Waals surface area contributed by atoms with Crippen molar-refractivity contribution in [3.05, 3.63) is 0 Å². The van der Waals surface area contributed by atoms with E-state index in [-0.39, 0.29) is 17.2 Å². The molecule has 17 heavy (non-hydrogen) atoms. The fourth-order valence-electron chi connectivity index (χ4n) is 1.87. The number of amides is 2. The third-order valence-electron chi connectivity index (χ3n) is 3.13. The zero-order chi connectivity index (χ0) is 12.7. The minimum absolute atomic E-state index is 0.00171. The van der Waals surface area contributed by atoms with E-state index in [1.807, 2.05) is 13.8 Å². The van der Waals surface area contributed by atoms with Crippen LogP contribution in [0.2, 0.25) is 0 Å². The van der Waals surface area contributed by atoms with Gasteiger partial charge in [-0.2, -0.15) is 0 Å². The highest BCUT2D eigenvalue weighted by molar-refractivity contribution is 5.83. The van der Waals surface area contributed by atoms with Crippen molar-refractivity contribution in [2.45, 2.75) is 33.1 Å². The molecule has 2 amide bonds. The average Bonchev–Trinajstić information content (AvgIpc) is 2.74. The third kappa shape index (κ3) is 4.34. The number of carbonyl (C=O) groups is 2. The predicted octanol–water partition coefficient (Wildman–Crippen LogP) is 0.0185. The Morgan fingerprint density at radius 2 is 2.06 bits per heavy atom. The maximum absolute atomic E-state index is 11.9. The molecule has 1 aliphatic heterocycles. The molecule has 1 atom stereocenters. The molecule has 1 saturated heterocycles. The molecular formula is C12H23N3O2. The first kappa shape index (κ1) is 14.0. The molecule has 98 valence electrons. The molecule has 0 aromatic carbocycles. The molecule has 1 heterocycles. The lowest BCUT2D eigenvalue weighted by Crippen LogP contribution is -2.41. The van der Waals surface area contributed by atoms with Crippen LogP contribution < -0.4 is 16.0 Å². The van der Waals surface area contributed by atoms with E-state index in [1.54, 1.807) is 0 Å². The van der Waals surface area contributed by atoms with Gasteiger partial charge in [-0.15, -0.1) is 0 Å². The Morgan fingerprint density at radius 1 is 1.29 bits per heavy atom. The summed E-state index contributed by atoms with van der Waals surface area (Å²) in [5.74, 6) is 0.0487. The molecule has 0 bridgehead atoms. The van der Waals surface area contributed by atoms with E-state index in [2.05, 4.69) is 16.0 Å². The summed E-state index contributed by atoms with van der Waals surface area (Å²) in [6.07, 6.45) is 2.15. The van der Waals surface area contributed by atoms with Gasteiger partial charge in [0.1, 0.15) is 0 Å². The van der Waals surface area contributed by atoms with Crippen LogP contribution in [-0.2, 0) is 9.59 Å². The average molecular weight is 241 g/mol. The topological polar surface area (TPSA) is 70.2 Å². The van der Waals surface area contributed by atoms with Crippen LogP contribution in [0.5, 0.6) is 0 Å². The number of carbonyl (C=O) groups excluding carboxylic acids is 2. The van der Waals surface area contributed by atoms with Crippen molar-refractivity contribution >= 4 is 11.8 Å². The molecule has 5 heteroatoms. The Labute approximate surface area is 103 Å². The molecule has 1 rings (SSSR count). The zero-order valence-corrected chi connectivity index (χ0v) is 10.8. The van der Waals surface area contributed by atoms with Crippen LogP contribution >= 0.6 is 0 Å². The Bertz CT molecular complexity index is 273. The molecule has 0 spiro atoms. The lowest BCUT2D eigenvalue weighted by atomic mass is 9.89. The van der Waals surface area contributed by atoms with E-state index in [0.29, 0.717) is 19.5 Å². The van der Waals surface area contributed by atoms with E-state index in [1.165, 1.54) is 0 Å². The first-order chi connectivity index (χ1) is 8.08. The molecule has 1 aliphatic rings. The van der Waals surface area contributed by atoms with Gasteiger partial charge >= 0.3 is 0 Å². The van der Waals surface area contributed by atoms with Gasteiger partial charge in [0.05, 0.1) is 5.41 Å². The van der Waals surface area contributed by atoms with Gasteiger partial charge in [0, 0.05) is 26.1 Å². The first-order valence-corrected chi connectivity index (χ1v) is 6.34. The van der Waals surface area contributed by atoms with Crippen molar-refractivity contribution in [3.8, 4) is 0 Å². The van der Waals surface area contributed by atoms with Crippen LogP contribution in [0.15, 0.2) is 0 Å². The quantitative estimate of drug-likeness (QED) is 0.614. The molecule has 1 unspecified atom stereocenters. The van der Waals surface area contributed by atoms with E-state index >= 15 is 0 Å². The van der Waals surface area contributed by atoms with Gasteiger partial charge < -0.3 is 16.0 Å². The van der Waals surface area contributed by atoms with Gasteiger partial charge in [0.25, 0.3) is 0 Å². The summed E-state index contributed by atoms with van der Waals surface area (Å²) in [7, 11) is 0. The summed E-state index contributed by atoms with van der Waals surface area (Å²) < 4.78 is 0. The Hall–Kier alpha value is -1.10. The van der Waals surface area contributed by atoms with E-state index in [0.717, 1.165) is 25.9 Å². The van der Waals surface area contributed by atoms with Crippen molar-refractivity contribution in [1.29, 1.82) is 0 Å². The summed E-state index contributed by atoms with van der Waals surface area (Å²) in [6, 6.07) is 0. The second kappa shape index (κ2) is 6.59. The van der Waals surface area contributed by atoms with Gasteiger partial charge in [-0.25, -0.2) is 0 Å². The monoisotopic (exact) mass is 241 g/mol. The number of rotatable bonds is 6. The van der Waals surface area contributed by atoms with Crippen LogP contribution in [0.1, 0.15) is 33.1 Å². The Kier molecular flexibility index (Phi) is 5.41. The first-order valence-electron chi connectivity index (χ1n) is 6.34. The zero-order valence-electron chi connectivity index (χ0n) is 10.8. The molecule has 0 aromatic heterocycles. The van der Waals surface area contributed by atoms with E-state index in [4.69, 9.17) is 0 Å². The largest absolute Gasteiger partial charge is 0.356 e. The summed E-state index contributed by atoms with van der Waals surface area (Å²) in [5, 5.41) is 8.80. The molecule has 0 saturated carbocycles. The van der Waals surface area contributed by atoms with Crippen LogP contribution in [0.3, 0.4) is 0 Å². The van der Waals surface area contributed by atoms with Crippen molar-refractivity contribution in [2.24, 2.45) is 5.41 Å². The SMILES string of the molecule is CCCNC(=O)CCNC(=O)C1(C)CCNC1. The highest BCUT2D eigenvalue weighted by Gasteiger charge is 2.35. The maximum Gasteiger partial charge on any atom is 0.227 e. The normalized spacial score (nSPS) is 23.4. The van der Waals surface area contributed by atoms with Crippen molar-refractivity contribution in [3.63, 3.8) is 0 Å². The van der Waals surface area contributed by atoms with Crippen LogP contribution in [-0.4, -0.2) is 38.0 Å². The summed E-state index contributed by atoms with van der Waals surface area (Å²) >= 11 is 0. The smallest absolute Gasteiger partial charge is 0.227 e. The highest BCUT2D eigenvalue weighted by Crippen LogP contribution is 2.24. The Morgan fingerprint density at radius 3 is 2.65 bits per heavy atom. The second-order valence-corrected chi connectivity index (χ2v) is 4.84. The minimum atomic E-state index is -0.306. The summed E-state index contributed by atoms with van der Waals surface area (Å²) in [6.45, 7) is 6.70. The summed E-state index contributed by atoms with van der Waals surface area (Å²) in [5.41, 5.74) is -0.306. The molecule has 3 N–H and O–H groups in total. The standard InChI is InChI=1S/C12H23N3O2/c1-3-6-14-10(16)4-7-15-11(17)12(2)5-8-13-9-12/h13H,3-9H2,1-2H3,(H,14,16)(H,15,17). The second-order valence-electron chi connectivity index (χ2n) is 4.84. The van der Waals surface area contributed by atoms with Gasteiger partial charge in [0.15, 0.2) is 0 Å². The molecule has 0 aliphatic carbocycles. The number of hydrogen-bond donors (Lipinski definition) is 3.